The van der Waals surface area contributed by atoms with E-state index in [-0.39, 0.29) is 11.9 Å². The van der Waals surface area contributed by atoms with Gasteiger partial charge in [-0.25, -0.2) is 0 Å². The van der Waals surface area contributed by atoms with E-state index in [1.54, 1.807) is 6.07 Å². The molecule has 1 aromatic rings. The van der Waals surface area contributed by atoms with Crippen LogP contribution in [0, 0.1) is 6.92 Å². The van der Waals surface area contributed by atoms with Gasteiger partial charge >= 0.3 is 0 Å². The summed E-state index contributed by atoms with van der Waals surface area (Å²) in [5, 5.41) is 6.99. The van der Waals surface area contributed by atoms with E-state index in [1.807, 2.05) is 30.8 Å². The van der Waals surface area contributed by atoms with Crippen LogP contribution in [-0.4, -0.2) is 30.0 Å². The smallest absolute Gasteiger partial charge is 0.225 e. The first kappa shape index (κ1) is 13.7. The number of amides is 1. The number of carbonyl (C=O) groups excluding carboxylic acids is 1. The molecule has 0 aliphatic carbocycles. The van der Waals surface area contributed by atoms with Crippen LogP contribution >= 0.6 is 23.4 Å². The Morgan fingerprint density at radius 2 is 2.44 bits per heavy atom. The molecule has 1 heterocycles. The molecule has 1 aromatic carbocycles. The summed E-state index contributed by atoms with van der Waals surface area (Å²) in [7, 11) is 0. The van der Waals surface area contributed by atoms with Crippen molar-refractivity contribution in [2.24, 2.45) is 0 Å². The maximum atomic E-state index is 11.9. The fourth-order valence-corrected chi connectivity index (χ4v) is 3.12. The maximum absolute atomic E-state index is 11.9. The number of rotatable bonds is 3. The van der Waals surface area contributed by atoms with E-state index in [4.69, 9.17) is 11.6 Å². The number of benzene rings is 1. The van der Waals surface area contributed by atoms with E-state index in [2.05, 4.69) is 10.6 Å². The van der Waals surface area contributed by atoms with Gasteiger partial charge in [0.15, 0.2) is 0 Å². The Balaban J connectivity index is 1.90. The molecule has 1 saturated heterocycles. The number of aryl methyl sites for hydroxylation is 1. The summed E-state index contributed by atoms with van der Waals surface area (Å²) in [5.41, 5.74) is 1.83. The van der Waals surface area contributed by atoms with E-state index in [0.29, 0.717) is 11.4 Å². The molecule has 0 spiro atoms. The molecule has 2 N–H and O–H groups in total. The molecule has 98 valence electrons. The highest BCUT2D eigenvalue weighted by atomic mass is 35.5. The zero-order chi connectivity index (χ0) is 13.0. The number of hydrogen-bond acceptors (Lipinski definition) is 3. The predicted octanol–water partition coefficient (Wildman–Crippen LogP) is 2.68. The van der Waals surface area contributed by atoms with Gasteiger partial charge in [-0.2, -0.15) is 11.8 Å². The van der Waals surface area contributed by atoms with Crippen LogP contribution in [0.5, 0.6) is 0 Å². The van der Waals surface area contributed by atoms with E-state index >= 15 is 0 Å². The molecular formula is C13H17ClN2OS. The van der Waals surface area contributed by atoms with Crippen LogP contribution in [0.25, 0.3) is 0 Å². The lowest BCUT2D eigenvalue weighted by molar-refractivity contribution is -0.116. The van der Waals surface area contributed by atoms with E-state index in [0.717, 1.165) is 29.3 Å². The number of hydrogen-bond donors (Lipinski definition) is 2. The van der Waals surface area contributed by atoms with Gasteiger partial charge in [0.2, 0.25) is 5.91 Å². The maximum Gasteiger partial charge on any atom is 0.225 e. The number of nitrogens with one attached hydrogen (secondary N) is 2. The van der Waals surface area contributed by atoms with Gasteiger partial charge in [-0.1, -0.05) is 11.6 Å². The average Bonchev–Trinajstić information content (AvgIpc) is 2.34. The molecule has 18 heavy (non-hydrogen) atoms. The molecule has 1 aliphatic heterocycles. The van der Waals surface area contributed by atoms with Crippen molar-refractivity contribution >= 4 is 35.0 Å². The van der Waals surface area contributed by atoms with Gasteiger partial charge in [-0.3, -0.25) is 4.79 Å². The number of thioether (sulfide) groups is 1. The van der Waals surface area contributed by atoms with E-state index < -0.39 is 0 Å². The van der Waals surface area contributed by atoms with Crippen LogP contribution < -0.4 is 10.6 Å². The Labute approximate surface area is 117 Å². The highest BCUT2D eigenvalue weighted by molar-refractivity contribution is 7.99. The molecule has 0 radical (unpaired) electrons. The van der Waals surface area contributed by atoms with Gasteiger partial charge in [-0.15, -0.1) is 0 Å². The van der Waals surface area contributed by atoms with Crippen molar-refractivity contribution in [1.29, 1.82) is 0 Å². The molecule has 3 nitrogen and oxygen atoms in total. The quantitative estimate of drug-likeness (QED) is 0.897. The molecule has 1 unspecified atom stereocenters. The third-order valence-corrected chi connectivity index (χ3v) is 4.26. The monoisotopic (exact) mass is 284 g/mol. The van der Waals surface area contributed by atoms with Gasteiger partial charge in [0.25, 0.3) is 0 Å². The summed E-state index contributed by atoms with van der Waals surface area (Å²) in [6.07, 6.45) is 0.523. The predicted molar refractivity (Wildman–Crippen MR) is 78.6 cm³/mol. The van der Waals surface area contributed by atoms with Crippen LogP contribution in [-0.2, 0) is 4.79 Å². The standard InChI is InChI=1S/C13H17ClN2OS/c1-9-6-10(14)2-3-12(9)16-13(17)7-11-8-18-5-4-15-11/h2-3,6,11,15H,4-5,7-8H2,1H3,(H,16,17). The molecule has 2 rings (SSSR count). The minimum atomic E-state index is 0.0559. The van der Waals surface area contributed by atoms with E-state index in [1.165, 1.54) is 0 Å². The number of carbonyl (C=O) groups is 1. The van der Waals surface area contributed by atoms with Gasteiger partial charge < -0.3 is 10.6 Å². The minimum Gasteiger partial charge on any atom is -0.326 e. The Hall–Kier alpha value is -0.710. The molecule has 1 aliphatic rings. The zero-order valence-corrected chi connectivity index (χ0v) is 11.9. The third kappa shape index (κ3) is 3.90. The van der Waals surface area contributed by atoms with Crippen LogP contribution in [0.2, 0.25) is 5.02 Å². The lowest BCUT2D eigenvalue weighted by atomic mass is 10.1. The average molecular weight is 285 g/mol. The van der Waals surface area contributed by atoms with Crippen LogP contribution in [0.1, 0.15) is 12.0 Å². The Morgan fingerprint density at radius 3 is 3.11 bits per heavy atom. The molecule has 1 atom stereocenters. The van der Waals surface area contributed by atoms with E-state index in [9.17, 15) is 4.79 Å². The molecule has 1 amide bonds. The minimum absolute atomic E-state index is 0.0559. The van der Waals surface area contributed by atoms with Gasteiger partial charge in [0.1, 0.15) is 0 Å². The summed E-state index contributed by atoms with van der Waals surface area (Å²) in [4.78, 5) is 11.9. The van der Waals surface area contributed by atoms with Crippen molar-refractivity contribution in [2.45, 2.75) is 19.4 Å². The normalized spacial score (nSPS) is 19.6. The summed E-state index contributed by atoms with van der Waals surface area (Å²) >= 11 is 7.78. The summed E-state index contributed by atoms with van der Waals surface area (Å²) in [5.74, 6) is 2.20. The van der Waals surface area contributed by atoms with Crippen molar-refractivity contribution < 1.29 is 4.79 Å². The van der Waals surface area contributed by atoms with Crippen molar-refractivity contribution in [2.75, 3.05) is 23.4 Å². The van der Waals surface area contributed by atoms with Gasteiger partial charge in [0, 0.05) is 41.2 Å². The van der Waals surface area contributed by atoms with Gasteiger partial charge in [-0.05, 0) is 30.7 Å². The SMILES string of the molecule is Cc1cc(Cl)ccc1NC(=O)CC1CSCCN1. The number of anilines is 1. The van der Waals surface area contributed by atoms with Crippen molar-refractivity contribution in [3.63, 3.8) is 0 Å². The first-order valence-corrected chi connectivity index (χ1v) is 7.55. The molecule has 5 heteroatoms. The van der Waals surface area contributed by atoms with Crippen LogP contribution in [0.15, 0.2) is 18.2 Å². The molecule has 0 aromatic heterocycles. The largest absolute Gasteiger partial charge is 0.326 e. The van der Waals surface area contributed by atoms with Crippen LogP contribution in [0.4, 0.5) is 5.69 Å². The molecule has 0 bridgehead atoms. The van der Waals surface area contributed by atoms with Gasteiger partial charge in [0.05, 0.1) is 0 Å². The molecule has 1 fully saturated rings. The summed E-state index contributed by atoms with van der Waals surface area (Å²) < 4.78 is 0. The second-order valence-electron chi connectivity index (χ2n) is 4.44. The first-order valence-electron chi connectivity index (χ1n) is 6.02. The second kappa shape index (κ2) is 6.45. The van der Waals surface area contributed by atoms with Crippen molar-refractivity contribution in [3.05, 3.63) is 28.8 Å². The molecule has 0 saturated carbocycles. The Bertz CT molecular complexity index is 433. The summed E-state index contributed by atoms with van der Waals surface area (Å²) in [6.45, 7) is 2.93. The Kier molecular flexibility index (Phi) is 4.92. The molecular weight excluding hydrogens is 268 g/mol. The van der Waals surface area contributed by atoms with Crippen molar-refractivity contribution in [3.8, 4) is 0 Å². The fraction of sp³-hybridized carbons (Fsp3) is 0.462. The van der Waals surface area contributed by atoms with Crippen molar-refractivity contribution in [1.82, 2.24) is 5.32 Å². The fourth-order valence-electron chi connectivity index (χ4n) is 1.94. The topological polar surface area (TPSA) is 41.1 Å². The highest BCUT2D eigenvalue weighted by Gasteiger charge is 2.17. The zero-order valence-electron chi connectivity index (χ0n) is 10.3. The number of halogens is 1. The third-order valence-electron chi connectivity index (χ3n) is 2.89. The lowest BCUT2D eigenvalue weighted by Crippen LogP contribution is -2.39. The van der Waals surface area contributed by atoms with Crippen LogP contribution in [0.3, 0.4) is 0 Å². The second-order valence-corrected chi connectivity index (χ2v) is 6.02. The first-order chi connectivity index (χ1) is 8.65. The lowest BCUT2D eigenvalue weighted by Gasteiger charge is -2.22. The Morgan fingerprint density at radius 1 is 1.61 bits per heavy atom. The summed E-state index contributed by atoms with van der Waals surface area (Å²) in [6, 6.07) is 5.78. The highest BCUT2D eigenvalue weighted by Crippen LogP contribution is 2.20.